The maximum atomic E-state index is 12.5. The van der Waals surface area contributed by atoms with Crippen LogP contribution in [0.2, 0.25) is 0 Å². The summed E-state index contributed by atoms with van der Waals surface area (Å²) in [4.78, 5) is 20.7. The molecule has 0 spiro atoms. The molecule has 19 heavy (non-hydrogen) atoms. The maximum Gasteiger partial charge on any atom is 0.231 e. The van der Waals surface area contributed by atoms with E-state index in [1.54, 1.807) is 19.2 Å². The molecule has 1 saturated carbocycles. The molecule has 3 N–H and O–H groups in total. The zero-order chi connectivity index (χ0) is 14.1. The van der Waals surface area contributed by atoms with Gasteiger partial charge in [-0.25, -0.2) is 9.97 Å². The molecule has 5 nitrogen and oxygen atoms in total. The van der Waals surface area contributed by atoms with E-state index in [0.29, 0.717) is 18.1 Å². The van der Waals surface area contributed by atoms with Gasteiger partial charge in [-0.1, -0.05) is 13.3 Å². The van der Waals surface area contributed by atoms with Gasteiger partial charge in [0.15, 0.2) is 0 Å². The zero-order valence-electron chi connectivity index (χ0n) is 11.9. The van der Waals surface area contributed by atoms with Gasteiger partial charge in [0.1, 0.15) is 11.6 Å². The van der Waals surface area contributed by atoms with E-state index in [1.807, 2.05) is 13.8 Å². The summed E-state index contributed by atoms with van der Waals surface area (Å²) in [6, 6.07) is 1.71. The number of aryl methyl sites for hydroxylation is 1. The molecule has 1 amide bonds. The summed E-state index contributed by atoms with van der Waals surface area (Å²) in [5.41, 5.74) is 5.53. The van der Waals surface area contributed by atoms with Crippen LogP contribution in [-0.4, -0.2) is 21.4 Å². The maximum absolute atomic E-state index is 12.5. The van der Waals surface area contributed by atoms with Crippen molar-refractivity contribution >= 4 is 11.7 Å². The van der Waals surface area contributed by atoms with Gasteiger partial charge in [0, 0.05) is 17.2 Å². The van der Waals surface area contributed by atoms with Gasteiger partial charge in [0.05, 0.1) is 0 Å². The summed E-state index contributed by atoms with van der Waals surface area (Å²) in [5.74, 6) is 1.21. The van der Waals surface area contributed by atoms with Crippen LogP contribution in [-0.2, 0) is 4.79 Å². The number of hydrogen-bond acceptors (Lipinski definition) is 4. The first kappa shape index (κ1) is 13.9. The number of amides is 1. The molecule has 1 aromatic heterocycles. The third kappa shape index (κ3) is 3.29. The van der Waals surface area contributed by atoms with Crippen LogP contribution in [0.1, 0.15) is 45.4 Å². The number of nitrogens with zero attached hydrogens (tertiary/aromatic N) is 2. The van der Waals surface area contributed by atoms with Gasteiger partial charge in [-0.3, -0.25) is 4.79 Å². The monoisotopic (exact) mass is 262 g/mol. The minimum atomic E-state index is -0.416. The molecule has 0 aromatic carbocycles. The summed E-state index contributed by atoms with van der Waals surface area (Å²) in [5, 5.41) is 2.89. The van der Waals surface area contributed by atoms with Gasteiger partial charge in [0.2, 0.25) is 5.91 Å². The van der Waals surface area contributed by atoms with Crippen molar-refractivity contribution in [1.29, 1.82) is 0 Å². The molecular weight excluding hydrogens is 240 g/mol. The quantitative estimate of drug-likeness (QED) is 0.854. The van der Waals surface area contributed by atoms with E-state index in [-0.39, 0.29) is 11.4 Å². The lowest BCUT2D eigenvalue weighted by Crippen LogP contribution is -2.49. The predicted molar refractivity (Wildman–Crippen MR) is 74.6 cm³/mol. The molecule has 0 radical (unpaired) electrons. The topological polar surface area (TPSA) is 80.9 Å². The molecule has 1 aliphatic rings. The van der Waals surface area contributed by atoms with Gasteiger partial charge < -0.3 is 11.1 Å². The lowest BCUT2D eigenvalue weighted by atomic mass is 9.67. The fourth-order valence-corrected chi connectivity index (χ4v) is 2.94. The van der Waals surface area contributed by atoms with Crippen molar-refractivity contribution in [2.45, 2.75) is 52.0 Å². The molecule has 0 saturated heterocycles. The molecule has 2 unspecified atom stereocenters. The minimum Gasteiger partial charge on any atom is -0.325 e. The van der Waals surface area contributed by atoms with Crippen LogP contribution < -0.4 is 11.1 Å². The van der Waals surface area contributed by atoms with Gasteiger partial charge in [-0.2, -0.15) is 0 Å². The number of anilines is 1. The van der Waals surface area contributed by atoms with Crippen LogP contribution in [0.4, 0.5) is 5.82 Å². The number of aromatic nitrogens is 2. The van der Waals surface area contributed by atoms with Crippen molar-refractivity contribution in [3.8, 4) is 0 Å². The first-order chi connectivity index (χ1) is 8.81. The Morgan fingerprint density at radius 3 is 2.79 bits per heavy atom. The molecule has 5 heteroatoms. The average molecular weight is 262 g/mol. The Bertz CT molecular complexity index is 486. The summed E-state index contributed by atoms with van der Waals surface area (Å²) in [6.07, 6.45) is 5.18. The number of carbonyl (C=O) groups is 1. The Labute approximate surface area is 114 Å². The molecule has 1 aliphatic carbocycles. The number of nitrogens with one attached hydrogen (secondary N) is 1. The Morgan fingerprint density at radius 1 is 1.42 bits per heavy atom. The second-order valence-electron chi connectivity index (χ2n) is 6.19. The second kappa shape index (κ2) is 4.89. The Morgan fingerprint density at radius 2 is 2.16 bits per heavy atom. The van der Waals surface area contributed by atoms with Crippen molar-refractivity contribution in [2.75, 3.05) is 5.32 Å². The standard InChI is InChI=1S/C14H22N4O/c1-10-16-8-5-11(17-10)18-12(19)13(2)6-4-7-14(3,15)9-13/h5,8H,4,6-7,9,15H2,1-3H3,(H,16,17,18,19). The van der Waals surface area contributed by atoms with E-state index in [1.165, 1.54) is 0 Å². The number of nitrogens with two attached hydrogens (primary N) is 1. The van der Waals surface area contributed by atoms with Gasteiger partial charge in [0.25, 0.3) is 0 Å². The van der Waals surface area contributed by atoms with Crippen molar-refractivity contribution in [1.82, 2.24) is 9.97 Å². The zero-order valence-corrected chi connectivity index (χ0v) is 11.9. The first-order valence-electron chi connectivity index (χ1n) is 6.71. The highest BCUT2D eigenvalue weighted by Crippen LogP contribution is 2.40. The summed E-state index contributed by atoms with van der Waals surface area (Å²) in [7, 11) is 0. The van der Waals surface area contributed by atoms with Gasteiger partial charge >= 0.3 is 0 Å². The van der Waals surface area contributed by atoms with Crippen LogP contribution >= 0.6 is 0 Å². The van der Waals surface area contributed by atoms with Crippen molar-refractivity contribution in [3.05, 3.63) is 18.1 Å². The third-order valence-electron chi connectivity index (χ3n) is 3.84. The lowest BCUT2D eigenvalue weighted by Gasteiger charge is -2.41. The normalized spacial score (nSPS) is 30.9. The number of carbonyl (C=O) groups excluding carboxylic acids is 1. The second-order valence-corrected chi connectivity index (χ2v) is 6.19. The molecule has 0 aliphatic heterocycles. The molecule has 0 bridgehead atoms. The summed E-state index contributed by atoms with van der Waals surface area (Å²) < 4.78 is 0. The largest absolute Gasteiger partial charge is 0.325 e. The number of rotatable bonds is 2. The summed E-state index contributed by atoms with van der Waals surface area (Å²) >= 11 is 0. The van der Waals surface area contributed by atoms with Crippen molar-refractivity contribution in [3.63, 3.8) is 0 Å². The molecule has 104 valence electrons. The highest BCUT2D eigenvalue weighted by Gasteiger charge is 2.42. The van der Waals surface area contributed by atoms with E-state index < -0.39 is 5.41 Å². The molecule has 1 aromatic rings. The van der Waals surface area contributed by atoms with Crippen LogP contribution in [0, 0.1) is 12.3 Å². The van der Waals surface area contributed by atoms with E-state index in [0.717, 1.165) is 19.3 Å². The van der Waals surface area contributed by atoms with E-state index in [2.05, 4.69) is 15.3 Å². The average Bonchev–Trinajstić information content (AvgIpc) is 2.27. The predicted octanol–water partition coefficient (Wildman–Crippen LogP) is 2.02. The van der Waals surface area contributed by atoms with Gasteiger partial charge in [-0.05, 0) is 39.2 Å². The molecule has 2 rings (SSSR count). The Balaban J connectivity index is 2.11. The van der Waals surface area contributed by atoms with E-state index in [9.17, 15) is 4.79 Å². The van der Waals surface area contributed by atoms with Gasteiger partial charge in [-0.15, -0.1) is 0 Å². The molecule has 2 atom stereocenters. The first-order valence-corrected chi connectivity index (χ1v) is 6.71. The van der Waals surface area contributed by atoms with Crippen LogP contribution in [0.25, 0.3) is 0 Å². The highest BCUT2D eigenvalue weighted by molar-refractivity contribution is 5.94. The van der Waals surface area contributed by atoms with Crippen LogP contribution in [0.5, 0.6) is 0 Å². The lowest BCUT2D eigenvalue weighted by molar-refractivity contribution is -0.127. The minimum absolute atomic E-state index is 0.00183. The molecular formula is C14H22N4O. The van der Waals surface area contributed by atoms with E-state index >= 15 is 0 Å². The van der Waals surface area contributed by atoms with Crippen molar-refractivity contribution in [2.24, 2.45) is 11.1 Å². The SMILES string of the molecule is Cc1nccc(NC(=O)C2(C)CCCC(C)(N)C2)n1. The van der Waals surface area contributed by atoms with E-state index in [4.69, 9.17) is 5.73 Å². The molecule has 1 heterocycles. The van der Waals surface area contributed by atoms with Crippen LogP contribution in [0.15, 0.2) is 12.3 Å². The fraction of sp³-hybridized carbons (Fsp3) is 0.643. The molecule has 1 fully saturated rings. The van der Waals surface area contributed by atoms with Crippen molar-refractivity contribution < 1.29 is 4.79 Å². The fourth-order valence-electron chi connectivity index (χ4n) is 2.94. The smallest absolute Gasteiger partial charge is 0.231 e. The van der Waals surface area contributed by atoms with Crippen LogP contribution in [0.3, 0.4) is 0 Å². The third-order valence-corrected chi connectivity index (χ3v) is 3.84. The number of hydrogen-bond donors (Lipinski definition) is 2. The highest BCUT2D eigenvalue weighted by atomic mass is 16.2. The Kier molecular flexibility index (Phi) is 3.58. The Hall–Kier alpha value is -1.49. The summed E-state index contributed by atoms with van der Waals surface area (Å²) in [6.45, 7) is 5.81.